The van der Waals surface area contributed by atoms with E-state index in [1.807, 2.05) is 0 Å². The Labute approximate surface area is 88.5 Å². The Hall–Kier alpha value is -1.57. The van der Waals surface area contributed by atoms with Gasteiger partial charge in [-0.05, 0) is 18.6 Å². The minimum atomic E-state index is 0.369. The molecule has 15 heavy (non-hydrogen) atoms. The van der Waals surface area contributed by atoms with Crippen molar-refractivity contribution in [3.05, 3.63) is 35.5 Å². The molecule has 3 rings (SSSR count). The Kier molecular flexibility index (Phi) is 1.72. The van der Waals surface area contributed by atoms with Crippen LogP contribution in [0.1, 0.15) is 17.7 Å². The summed E-state index contributed by atoms with van der Waals surface area (Å²) in [5, 5.41) is 1.29. The smallest absolute Gasteiger partial charge is 0.140 e. The molecule has 0 radical (unpaired) electrons. The maximum Gasteiger partial charge on any atom is 0.140 e. The van der Waals surface area contributed by atoms with E-state index in [2.05, 4.69) is 35.8 Å². The van der Waals surface area contributed by atoms with E-state index < -0.39 is 0 Å². The molecule has 0 fully saturated rings. The normalized spacial score (nSPS) is 15.7. The predicted octanol–water partition coefficient (Wildman–Crippen LogP) is 2.47. The molecule has 0 saturated carbocycles. The van der Waals surface area contributed by atoms with E-state index in [1.165, 1.54) is 22.2 Å². The van der Waals surface area contributed by atoms with Gasteiger partial charge in [-0.3, -0.25) is 4.79 Å². The number of fused-ring (bicyclic) bond motifs is 3. The largest absolute Gasteiger partial charge is 0.343 e. The second-order valence-corrected chi connectivity index (χ2v) is 4.21. The fourth-order valence-corrected chi connectivity index (χ4v) is 2.52. The van der Waals surface area contributed by atoms with Crippen molar-refractivity contribution < 1.29 is 4.79 Å². The van der Waals surface area contributed by atoms with Gasteiger partial charge in [-0.1, -0.05) is 18.2 Å². The molecule has 2 heterocycles. The van der Waals surface area contributed by atoms with E-state index in [9.17, 15) is 4.79 Å². The third-order valence-electron chi connectivity index (χ3n) is 3.34. The van der Waals surface area contributed by atoms with Crippen LogP contribution in [0.5, 0.6) is 0 Å². The second kappa shape index (κ2) is 2.96. The first-order valence-electron chi connectivity index (χ1n) is 5.36. The zero-order valence-corrected chi connectivity index (χ0v) is 8.79. The van der Waals surface area contributed by atoms with E-state index in [0.717, 1.165) is 6.54 Å². The van der Waals surface area contributed by atoms with Gasteiger partial charge < -0.3 is 4.57 Å². The number of carbonyl (C=O) groups excluding carboxylic acids is 1. The fraction of sp³-hybridized carbons (Fsp3) is 0.308. The van der Waals surface area contributed by atoms with Gasteiger partial charge in [-0.25, -0.2) is 0 Å². The Morgan fingerprint density at radius 2 is 2.07 bits per heavy atom. The summed E-state index contributed by atoms with van der Waals surface area (Å²) in [6.07, 6.45) is 1.30. The molecule has 1 aliphatic rings. The average molecular weight is 199 g/mol. The summed E-state index contributed by atoms with van der Waals surface area (Å²) in [6, 6.07) is 8.40. The first-order chi connectivity index (χ1) is 7.27. The third-order valence-corrected chi connectivity index (χ3v) is 3.34. The molecule has 0 spiro atoms. The van der Waals surface area contributed by atoms with Crippen molar-refractivity contribution in [3.63, 3.8) is 0 Å². The summed E-state index contributed by atoms with van der Waals surface area (Å²) in [5.74, 6) is 0.369. The van der Waals surface area contributed by atoms with Crippen molar-refractivity contribution in [2.45, 2.75) is 26.3 Å². The molecule has 1 aromatic carbocycles. The molecule has 0 atom stereocenters. The summed E-state index contributed by atoms with van der Waals surface area (Å²) in [6.45, 7) is 2.97. The molecule has 0 saturated heterocycles. The first kappa shape index (κ1) is 8.72. The maximum absolute atomic E-state index is 11.4. The SMILES string of the molecule is Cc1c2n(c3ccccc13)CCC(=O)C2. The standard InChI is InChI=1S/C13H13NO/c1-9-11-4-2-3-5-12(11)14-7-6-10(15)8-13(9)14/h2-5H,6-8H2,1H3. The quantitative estimate of drug-likeness (QED) is 0.638. The van der Waals surface area contributed by atoms with Gasteiger partial charge in [0.15, 0.2) is 0 Å². The van der Waals surface area contributed by atoms with Crippen LogP contribution in [-0.4, -0.2) is 10.4 Å². The number of aromatic nitrogens is 1. The molecular formula is C13H13NO. The van der Waals surface area contributed by atoms with Gasteiger partial charge in [0.25, 0.3) is 0 Å². The lowest BCUT2D eigenvalue weighted by Gasteiger charge is -2.15. The zero-order valence-electron chi connectivity index (χ0n) is 8.79. The Balaban J connectivity index is 2.36. The lowest BCUT2D eigenvalue weighted by Crippen LogP contribution is -2.18. The van der Waals surface area contributed by atoms with Gasteiger partial charge in [0, 0.05) is 36.0 Å². The summed E-state index contributed by atoms with van der Waals surface area (Å²) in [4.78, 5) is 11.4. The zero-order chi connectivity index (χ0) is 10.4. The van der Waals surface area contributed by atoms with E-state index in [-0.39, 0.29) is 0 Å². The number of hydrogen-bond donors (Lipinski definition) is 0. The van der Waals surface area contributed by atoms with Crippen LogP contribution < -0.4 is 0 Å². The van der Waals surface area contributed by atoms with Gasteiger partial charge >= 0.3 is 0 Å². The minimum Gasteiger partial charge on any atom is -0.343 e. The highest BCUT2D eigenvalue weighted by Gasteiger charge is 2.20. The highest BCUT2D eigenvalue weighted by atomic mass is 16.1. The monoisotopic (exact) mass is 199 g/mol. The van der Waals surface area contributed by atoms with Crippen LogP contribution in [0.3, 0.4) is 0 Å². The second-order valence-electron chi connectivity index (χ2n) is 4.21. The van der Waals surface area contributed by atoms with E-state index in [4.69, 9.17) is 0 Å². The molecular weight excluding hydrogens is 186 g/mol. The first-order valence-corrected chi connectivity index (χ1v) is 5.36. The predicted molar refractivity (Wildman–Crippen MR) is 60.0 cm³/mol. The highest BCUT2D eigenvalue weighted by Crippen LogP contribution is 2.28. The number of nitrogens with zero attached hydrogens (tertiary/aromatic N) is 1. The van der Waals surface area contributed by atoms with E-state index in [0.29, 0.717) is 18.6 Å². The van der Waals surface area contributed by atoms with Crippen LogP contribution in [0.25, 0.3) is 10.9 Å². The van der Waals surface area contributed by atoms with Gasteiger partial charge in [0.1, 0.15) is 5.78 Å². The molecule has 2 heteroatoms. The highest BCUT2D eigenvalue weighted by molar-refractivity contribution is 5.90. The Morgan fingerprint density at radius 3 is 2.93 bits per heavy atom. The number of Topliss-reactive ketones (excluding diaryl/α,β-unsaturated/α-hetero) is 1. The van der Waals surface area contributed by atoms with Crippen LogP contribution in [0.4, 0.5) is 0 Å². The van der Waals surface area contributed by atoms with Gasteiger partial charge in [0.05, 0.1) is 0 Å². The molecule has 2 aromatic rings. The molecule has 76 valence electrons. The number of aryl methyl sites for hydroxylation is 2. The van der Waals surface area contributed by atoms with Crippen LogP contribution in [0, 0.1) is 6.92 Å². The summed E-state index contributed by atoms with van der Waals surface area (Å²) >= 11 is 0. The molecule has 0 unspecified atom stereocenters. The summed E-state index contributed by atoms with van der Waals surface area (Å²) in [5.41, 5.74) is 3.77. The van der Waals surface area contributed by atoms with Crippen molar-refractivity contribution in [1.29, 1.82) is 0 Å². The van der Waals surface area contributed by atoms with Crippen molar-refractivity contribution in [3.8, 4) is 0 Å². The van der Waals surface area contributed by atoms with Gasteiger partial charge in [0.2, 0.25) is 0 Å². The van der Waals surface area contributed by atoms with Gasteiger partial charge in [-0.15, -0.1) is 0 Å². The number of carbonyl (C=O) groups is 1. The molecule has 1 aromatic heterocycles. The maximum atomic E-state index is 11.4. The van der Waals surface area contributed by atoms with Crippen molar-refractivity contribution in [2.75, 3.05) is 0 Å². The summed E-state index contributed by atoms with van der Waals surface area (Å²) < 4.78 is 2.30. The molecule has 0 amide bonds. The Bertz CT molecular complexity index is 551. The molecule has 1 aliphatic heterocycles. The topological polar surface area (TPSA) is 22.0 Å². The summed E-state index contributed by atoms with van der Waals surface area (Å²) in [7, 11) is 0. The fourth-order valence-electron chi connectivity index (χ4n) is 2.52. The van der Waals surface area contributed by atoms with Crippen LogP contribution in [0.2, 0.25) is 0 Å². The molecule has 2 nitrogen and oxygen atoms in total. The number of ketones is 1. The van der Waals surface area contributed by atoms with Crippen molar-refractivity contribution in [1.82, 2.24) is 4.57 Å². The average Bonchev–Trinajstić information content (AvgIpc) is 2.54. The minimum absolute atomic E-state index is 0.369. The van der Waals surface area contributed by atoms with Crippen molar-refractivity contribution >= 4 is 16.7 Å². The lowest BCUT2D eigenvalue weighted by atomic mass is 10.1. The lowest BCUT2D eigenvalue weighted by molar-refractivity contribution is -0.119. The third kappa shape index (κ3) is 1.14. The number of hydrogen-bond acceptors (Lipinski definition) is 1. The van der Waals surface area contributed by atoms with Crippen LogP contribution >= 0.6 is 0 Å². The van der Waals surface area contributed by atoms with Gasteiger partial charge in [-0.2, -0.15) is 0 Å². The molecule has 0 aliphatic carbocycles. The van der Waals surface area contributed by atoms with Crippen LogP contribution in [0.15, 0.2) is 24.3 Å². The molecule has 0 bridgehead atoms. The number of para-hydroxylation sites is 1. The number of rotatable bonds is 0. The van der Waals surface area contributed by atoms with E-state index in [1.54, 1.807) is 0 Å². The van der Waals surface area contributed by atoms with Crippen molar-refractivity contribution in [2.24, 2.45) is 0 Å². The Morgan fingerprint density at radius 1 is 1.27 bits per heavy atom. The number of benzene rings is 1. The van der Waals surface area contributed by atoms with E-state index >= 15 is 0 Å². The molecule has 0 N–H and O–H groups in total. The van der Waals surface area contributed by atoms with Crippen LogP contribution in [-0.2, 0) is 17.8 Å².